The van der Waals surface area contributed by atoms with Crippen LogP contribution in [0.4, 0.5) is 5.13 Å². The monoisotopic (exact) mass is 256 g/mol. The fraction of sp³-hybridized carbons (Fsp3) is 0.667. The lowest BCUT2D eigenvalue weighted by Crippen LogP contribution is -2.15. The molecule has 1 rings (SSSR count). The van der Waals surface area contributed by atoms with E-state index >= 15 is 0 Å². The Morgan fingerprint density at radius 3 is 2.41 bits per heavy atom. The van der Waals surface area contributed by atoms with Crippen LogP contribution >= 0.6 is 11.3 Å². The fourth-order valence-electron chi connectivity index (χ4n) is 1.51. The lowest BCUT2D eigenvalue weighted by atomic mass is 9.90. The number of aliphatic carboxylic acids is 1. The number of hydrogen-bond acceptors (Lipinski definition) is 4. The Hall–Kier alpha value is -1.10. The van der Waals surface area contributed by atoms with E-state index in [0.717, 1.165) is 15.7 Å². The molecule has 1 N–H and O–H groups in total. The summed E-state index contributed by atoms with van der Waals surface area (Å²) in [5.41, 5.74) is 0.978. The van der Waals surface area contributed by atoms with Gasteiger partial charge in [-0.05, 0) is 6.42 Å². The minimum absolute atomic E-state index is 0.0431. The second-order valence-corrected chi connectivity index (χ2v) is 6.37. The van der Waals surface area contributed by atoms with Crippen LogP contribution in [0.1, 0.15) is 37.8 Å². The maximum absolute atomic E-state index is 10.6. The van der Waals surface area contributed by atoms with Crippen molar-refractivity contribution in [2.24, 2.45) is 0 Å². The Morgan fingerprint density at radius 2 is 2.00 bits per heavy atom. The van der Waals surface area contributed by atoms with Gasteiger partial charge in [-0.2, -0.15) is 0 Å². The molecule has 0 unspecified atom stereocenters. The molecule has 0 fully saturated rings. The van der Waals surface area contributed by atoms with E-state index in [1.54, 1.807) is 11.3 Å². The number of anilines is 1. The number of carboxylic acid groups (broad SMARTS) is 1. The maximum atomic E-state index is 10.6. The van der Waals surface area contributed by atoms with Crippen LogP contribution in [0.25, 0.3) is 0 Å². The summed E-state index contributed by atoms with van der Waals surface area (Å²) < 4.78 is 0. The van der Waals surface area contributed by atoms with E-state index in [1.165, 1.54) is 0 Å². The lowest BCUT2D eigenvalue weighted by molar-refractivity contribution is -0.136. The summed E-state index contributed by atoms with van der Waals surface area (Å²) >= 11 is 1.59. The molecule has 1 aromatic heterocycles. The molecule has 0 saturated carbocycles. The SMILES string of the molecule is CN(C)c1nc(C(C)(C)C)c(CCC(=O)O)s1. The number of aryl methyl sites for hydroxylation is 1. The first kappa shape index (κ1) is 14.0. The van der Waals surface area contributed by atoms with Crippen LogP contribution in [0.5, 0.6) is 0 Å². The highest BCUT2D eigenvalue weighted by molar-refractivity contribution is 7.15. The van der Waals surface area contributed by atoms with Crippen LogP contribution < -0.4 is 4.90 Å². The summed E-state index contributed by atoms with van der Waals surface area (Å²) in [7, 11) is 3.90. The Balaban J connectivity index is 3.04. The van der Waals surface area contributed by atoms with Gasteiger partial charge in [-0.1, -0.05) is 20.8 Å². The highest BCUT2D eigenvalue weighted by Gasteiger charge is 2.23. The normalized spacial score (nSPS) is 11.6. The Morgan fingerprint density at radius 1 is 1.41 bits per heavy atom. The molecule has 5 heteroatoms. The van der Waals surface area contributed by atoms with Gasteiger partial charge in [-0.15, -0.1) is 11.3 Å². The van der Waals surface area contributed by atoms with Gasteiger partial charge >= 0.3 is 5.97 Å². The fourth-order valence-corrected chi connectivity index (χ4v) is 2.70. The van der Waals surface area contributed by atoms with Gasteiger partial charge in [-0.25, -0.2) is 4.98 Å². The molecule has 0 spiro atoms. The first-order valence-electron chi connectivity index (χ1n) is 5.61. The number of thiazole rings is 1. The largest absolute Gasteiger partial charge is 0.481 e. The minimum Gasteiger partial charge on any atom is -0.481 e. The third-order valence-corrected chi connectivity index (χ3v) is 3.63. The van der Waals surface area contributed by atoms with Crippen molar-refractivity contribution in [3.05, 3.63) is 10.6 Å². The van der Waals surface area contributed by atoms with Gasteiger partial charge in [0.15, 0.2) is 5.13 Å². The van der Waals surface area contributed by atoms with E-state index in [4.69, 9.17) is 5.11 Å². The molecule has 0 radical (unpaired) electrons. The third kappa shape index (κ3) is 3.70. The zero-order valence-electron chi connectivity index (χ0n) is 11.1. The van der Waals surface area contributed by atoms with Crippen molar-refractivity contribution in [3.8, 4) is 0 Å². The standard InChI is InChI=1S/C12H20N2O2S/c1-12(2,3)10-8(6-7-9(15)16)17-11(13-10)14(4)5/h6-7H2,1-5H3,(H,15,16). The molecule has 0 amide bonds. The van der Waals surface area contributed by atoms with Gasteiger partial charge in [0.25, 0.3) is 0 Å². The van der Waals surface area contributed by atoms with Crippen molar-refractivity contribution in [1.29, 1.82) is 0 Å². The van der Waals surface area contributed by atoms with Gasteiger partial charge < -0.3 is 10.0 Å². The molecular formula is C12H20N2O2S. The summed E-state index contributed by atoms with van der Waals surface area (Å²) in [6, 6.07) is 0. The topological polar surface area (TPSA) is 53.4 Å². The molecule has 0 aliphatic heterocycles. The Labute approximate surface area is 106 Å². The third-order valence-electron chi connectivity index (χ3n) is 2.34. The van der Waals surface area contributed by atoms with Crippen LogP contribution in [0.3, 0.4) is 0 Å². The van der Waals surface area contributed by atoms with Crippen LogP contribution in [0, 0.1) is 0 Å². The second-order valence-electron chi connectivity index (χ2n) is 5.31. The van der Waals surface area contributed by atoms with E-state index in [-0.39, 0.29) is 11.8 Å². The smallest absolute Gasteiger partial charge is 0.303 e. The molecule has 96 valence electrons. The molecular weight excluding hydrogens is 236 g/mol. The van der Waals surface area contributed by atoms with Gasteiger partial charge in [0.05, 0.1) is 12.1 Å². The van der Waals surface area contributed by atoms with Crippen molar-refractivity contribution < 1.29 is 9.90 Å². The highest BCUT2D eigenvalue weighted by Crippen LogP contribution is 2.33. The second kappa shape index (κ2) is 5.04. The average Bonchev–Trinajstić information content (AvgIpc) is 2.57. The van der Waals surface area contributed by atoms with Crippen molar-refractivity contribution >= 4 is 22.4 Å². The van der Waals surface area contributed by atoms with E-state index in [9.17, 15) is 4.79 Å². The number of hydrogen-bond donors (Lipinski definition) is 1. The van der Waals surface area contributed by atoms with Crippen LogP contribution in [0.15, 0.2) is 0 Å². The molecule has 0 atom stereocenters. The van der Waals surface area contributed by atoms with Gasteiger partial charge in [-0.3, -0.25) is 4.79 Å². The van der Waals surface area contributed by atoms with Gasteiger partial charge in [0.1, 0.15) is 0 Å². The van der Waals surface area contributed by atoms with Crippen LogP contribution in [-0.2, 0) is 16.6 Å². The van der Waals surface area contributed by atoms with Crippen molar-refractivity contribution in [2.45, 2.75) is 39.0 Å². The number of carbonyl (C=O) groups is 1. The number of rotatable bonds is 4. The molecule has 4 nitrogen and oxygen atoms in total. The Kier molecular flexibility index (Phi) is 4.14. The maximum Gasteiger partial charge on any atom is 0.303 e. The van der Waals surface area contributed by atoms with E-state index in [2.05, 4.69) is 25.8 Å². The number of carboxylic acids is 1. The van der Waals surface area contributed by atoms with Crippen molar-refractivity contribution in [3.63, 3.8) is 0 Å². The molecule has 1 heterocycles. The lowest BCUT2D eigenvalue weighted by Gasteiger charge is -2.17. The zero-order valence-corrected chi connectivity index (χ0v) is 11.9. The molecule has 17 heavy (non-hydrogen) atoms. The predicted molar refractivity (Wildman–Crippen MR) is 71.1 cm³/mol. The van der Waals surface area contributed by atoms with Crippen molar-refractivity contribution in [1.82, 2.24) is 4.98 Å². The van der Waals surface area contributed by atoms with Crippen LogP contribution in [-0.4, -0.2) is 30.2 Å². The number of nitrogens with zero attached hydrogens (tertiary/aromatic N) is 2. The first-order valence-corrected chi connectivity index (χ1v) is 6.42. The summed E-state index contributed by atoms with van der Waals surface area (Å²) in [5, 5.41) is 9.70. The molecule has 0 aliphatic carbocycles. The van der Waals surface area contributed by atoms with E-state index < -0.39 is 5.97 Å². The average molecular weight is 256 g/mol. The molecule has 0 aromatic carbocycles. The Bertz CT molecular complexity index is 405. The van der Waals surface area contributed by atoms with Crippen LogP contribution in [0.2, 0.25) is 0 Å². The minimum atomic E-state index is -0.760. The van der Waals surface area contributed by atoms with Gasteiger partial charge in [0, 0.05) is 24.4 Å². The summed E-state index contributed by atoms with van der Waals surface area (Å²) in [6.45, 7) is 6.31. The summed E-state index contributed by atoms with van der Waals surface area (Å²) in [5.74, 6) is -0.760. The summed E-state index contributed by atoms with van der Waals surface area (Å²) in [6.07, 6.45) is 0.728. The highest BCUT2D eigenvalue weighted by atomic mass is 32.1. The number of aromatic nitrogens is 1. The summed E-state index contributed by atoms with van der Waals surface area (Å²) in [4.78, 5) is 18.3. The molecule has 0 saturated heterocycles. The zero-order chi connectivity index (χ0) is 13.2. The molecule has 1 aromatic rings. The van der Waals surface area contributed by atoms with E-state index in [1.807, 2.05) is 19.0 Å². The first-order chi connectivity index (χ1) is 7.71. The molecule has 0 aliphatic rings. The van der Waals surface area contributed by atoms with Gasteiger partial charge in [0.2, 0.25) is 0 Å². The quantitative estimate of drug-likeness (QED) is 0.899. The van der Waals surface area contributed by atoms with Crippen molar-refractivity contribution in [2.75, 3.05) is 19.0 Å². The molecule has 0 bridgehead atoms. The van der Waals surface area contributed by atoms with E-state index in [0.29, 0.717) is 6.42 Å². The predicted octanol–water partition coefficient (Wildman–Crippen LogP) is 2.52.